The highest BCUT2D eigenvalue weighted by Gasteiger charge is 2.35. The van der Waals surface area contributed by atoms with Gasteiger partial charge < -0.3 is 25.6 Å². The average Bonchev–Trinajstić information content (AvgIpc) is 3.03. The van der Waals surface area contributed by atoms with Crippen molar-refractivity contribution < 1.29 is 32.5 Å². The standard InChI is InChI=1S/C18H19NO3.C2H2F3NO/c1-11-14-6-7-19-9-16(12-2-4-13(20)5-3-12)15(14)8-17-18(11)22-10-21-17;3-2(4,5)1(6)7/h2-5,8,16,19-20H,6-7,9-10H2,1H3;(H2,6,7). The number of benzene rings is 2. The summed E-state index contributed by atoms with van der Waals surface area (Å²) < 4.78 is 43.3. The zero-order valence-corrected chi connectivity index (χ0v) is 15.7. The Morgan fingerprint density at radius 3 is 2.52 bits per heavy atom. The normalized spacial score (nSPS) is 17.6. The lowest BCUT2D eigenvalue weighted by atomic mass is 9.86. The lowest BCUT2D eigenvalue weighted by Crippen LogP contribution is -2.30. The van der Waals surface area contributed by atoms with Gasteiger partial charge in [0.05, 0.1) is 0 Å². The van der Waals surface area contributed by atoms with Gasteiger partial charge in [0.25, 0.3) is 0 Å². The molecule has 156 valence electrons. The second-order valence-electron chi connectivity index (χ2n) is 6.76. The minimum Gasteiger partial charge on any atom is -0.508 e. The first-order valence-corrected chi connectivity index (χ1v) is 8.96. The molecule has 0 spiro atoms. The third kappa shape index (κ3) is 4.56. The third-order valence-corrected chi connectivity index (χ3v) is 4.92. The van der Waals surface area contributed by atoms with Crippen LogP contribution in [0, 0.1) is 6.92 Å². The van der Waals surface area contributed by atoms with Crippen molar-refractivity contribution in [2.24, 2.45) is 5.73 Å². The number of nitrogens with two attached hydrogens (primary N) is 1. The minimum absolute atomic E-state index is 0.256. The zero-order valence-electron chi connectivity index (χ0n) is 15.7. The fraction of sp³-hybridized carbons (Fsp3) is 0.350. The Kier molecular flexibility index (Phi) is 5.88. The number of carbonyl (C=O) groups is 1. The number of halogens is 3. The van der Waals surface area contributed by atoms with Gasteiger partial charge in [0, 0.05) is 12.5 Å². The maximum atomic E-state index is 10.7. The van der Waals surface area contributed by atoms with E-state index < -0.39 is 12.1 Å². The van der Waals surface area contributed by atoms with E-state index in [1.165, 1.54) is 22.3 Å². The lowest BCUT2D eigenvalue weighted by Gasteiger charge is -2.20. The Morgan fingerprint density at radius 2 is 1.90 bits per heavy atom. The predicted octanol–water partition coefficient (Wildman–Crippen LogP) is 2.74. The molecule has 4 rings (SSSR count). The van der Waals surface area contributed by atoms with Crippen molar-refractivity contribution in [1.82, 2.24) is 5.32 Å². The molecule has 1 amide bonds. The molecule has 4 N–H and O–H groups in total. The summed E-state index contributed by atoms with van der Waals surface area (Å²) in [5.74, 6) is 0.0401. The Hall–Kier alpha value is -2.94. The zero-order chi connectivity index (χ0) is 21.2. The first kappa shape index (κ1) is 20.8. The van der Waals surface area contributed by atoms with E-state index in [0.29, 0.717) is 12.5 Å². The van der Waals surface area contributed by atoms with Crippen molar-refractivity contribution in [2.75, 3.05) is 19.9 Å². The Bertz CT molecular complexity index is 898. The molecule has 29 heavy (non-hydrogen) atoms. The summed E-state index contributed by atoms with van der Waals surface area (Å²) in [6, 6.07) is 9.63. The predicted molar refractivity (Wildman–Crippen MR) is 99.1 cm³/mol. The Balaban J connectivity index is 0.000000298. The van der Waals surface area contributed by atoms with Gasteiger partial charge in [-0.3, -0.25) is 4.79 Å². The number of hydrogen-bond donors (Lipinski definition) is 3. The van der Waals surface area contributed by atoms with Crippen LogP contribution in [0.5, 0.6) is 17.2 Å². The van der Waals surface area contributed by atoms with Gasteiger partial charge in [0.2, 0.25) is 6.79 Å². The van der Waals surface area contributed by atoms with E-state index in [4.69, 9.17) is 14.3 Å². The highest BCUT2D eigenvalue weighted by Crippen LogP contribution is 2.43. The summed E-state index contributed by atoms with van der Waals surface area (Å²) in [5.41, 5.74) is 8.86. The number of phenolic OH excluding ortho intramolecular Hbond substituents is 1. The number of phenols is 1. The number of nitrogens with one attached hydrogen (secondary N) is 1. The van der Waals surface area contributed by atoms with Crippen LogP contribution in [-0.2, 0) is 11.2 Å². The molecule has 2 aliphatic heterocycles. The van der Waals surface area contributed by atoms with Gasteiger partial charge in [-0.1, -0.05) is 12.1 Å². The van der Waals surface area contributed by atoms with Gasteiger partial charge in [-0.15, -0.1) is 0 Å². The summed E-state index contributed by atoms with van der Waals surface area (Å²) in [6.07, 6.45) is -3.87. The summed E-state index contributed by atoms with van der Waals surface area (Å²) in [6.45, 7) is 4.27. The summed E-state index contributed by atoms with van der Waals surface area (Å²) >= 11 is 0. The Morgan fingerprint density at radius 1 is 1.24 bits per heavy atom. The third-order valence-electron chi connectivity index (χ3n) is 4.92. The van der Waals surface area contributed by atoms with E-state index in [9.17, 15) is 18.3 Å². The SMILES string of the molecule is Cc1c2c(cc3c1OCO3)C(c1ccc(O)cc1)CNCC2.NC(=O)C(F)(F)F. The molecule has 0 aliphatic carbocycles. The summed E-state index contributed by atoms with van der Waals surface area (Å²) in [7, 11) is 0. The van der Waals surface area contributed by atoms with E-state index in [1.807, 2.05) is 12.1 Å². The maximum absolute atomic E-state index is 10.7. The molecule has 6 nitrogen and oxygen atoms in total. The van der Waals surface area contributed by atoms with Crippen molar-refractivity contribution in [3.63, 3.8) is 0 Å². The second kappa shape index (κ2) is 8.20. The van der Waals surface area contributed by atoms with Crippen LogP contribution in [-0.4, -0.2) is 37.1 Å². The van der Waals surface area contributed by atoms with E-state index in [2.05, 4.69) is 24.0 Å². The van der Waals surface area contributed by atoms with Crippen LogP contribution in [0.3, 0.4) is 0 Å². The van der Waals surface area contributed by atoms with Gasteiger partial charge in [-0.05, 0) is 60.3 Å². The van der Waals surface area contributed by atoms with Crippen LogP contribution in [0.1, 0.15) is 28.2 Å². The van der Waals surface area contributed by atoms with Crippen LogP contribution in [0.15, 0.2) is 30.3 Å². The average molecular weight is 410 g/mol. The van der Waals surface area contributed by atoms with Crippen molar-refractivity contribution in [1.29, 1.82) is 0 Å². The molecule has 1 atom stereocenters. The number of carbonyl (C=O) groups excluding carboxylic acids is 1. The van der Waals surface area contributed by atoms with Crippen molar-refractivity contribution >= 4 is 5.91 Å². The van der Waals surface area contributed by atoms with Gasteiger partial charge >= 0.3 is 12.1 Å². The number of primary amides is 1. The number of rotatable bonds is 1. The summed E-state index contributed by atoms with van der Waals surface area (Å²) in [5, 5.41) is 13.0. The number of amides is 1. The van der Waals surface area contributed by atoms with Crippen molar-refractivity contribution in [3.8, 4) is 17.2 Å². The largest absolute Gasteiger partial charge is 0.508 e. The van der Waals surface area contributed by atoms with Gasteiger partial charge in [-0.25, -0.2) is 0 Å². The molecule has 1 unspecified atom stereocenters. The first-order valence-electron chi connectivity index (χ1n) is 8.96. The van der Waals surface area contributed by atoms with Crippen LogP contribution in [0.4, 0.5) is 13.2 Å². The molecule has 2 aliphatic rings. The number of hydrogen-bond acceptors (Lipinski definition) is 5. The quantitative estimate of drug-likeness (QED) is 0.672. The monoisotopic (exact) mass is 410 g/mol. The first-order chi connectivity index (χ1) is 13.7. The smallest absolute Gasteiger partial charge is 0.470 e. The second-order valence-corrected chi connectivity index (χ2v) is 6.76. The topological polar surface area (TPSA) is 93.8 Å². The summed E-state index contributed by atoms with van der Waals surface area (Å²) in [4.78, 5) is 9.12. The maximum Gasteiger partial charge on any atom is 0.470 e. The molecule has 9 heteroatoms. The lowest BCUT2D eigenvalue weighted by molar-refractivity contribution is -0.169. The van der Waals surface area contributed by atoms with Gasteiger partial charge in [0.1, 0.15) is 5.75 Å². The molecular formula is C20H21F3N2O4. The van der Waals surface area contributed by atoms with Crippen LogP contribution in [0.2, 0.25) is 0 Å². The molecule has 0 radical (unpaired) electrons. The van der Waals surface area contributed by atoms with Crippen molar-refractivity contribution in [2.45, 2.75) is 25.4 Å². The molecule has 2 aromatic carbocycles. The Labute approximate surface area is 165 Å². The molecule has 0 bridgehead atoms. The molecular weight excluding hydrogens is 389 g/mol. The molecule has 2 aromatic rings. The molecule has 2 heterocycles. The minimum atomic E-state index is -4.86. The highest BCUT2D eigenvalue weighted by atomic mass is 19.4. The molecule has 0 saturated carbocycles. The van der Waals surface area contributed by atoms with E-state index in [0.717, 1.165) is 31.0 Å². The van der Waals surface area contributed by atoms with E-state index in [-0.39, 0.29) is 5.92 Å². The highest BCUT2D eigenvalue weighted by molar-refractivity contribution is 5.79. The fourth-order valence-corrected chi connectivity index (χ4v) is 3.49. The number of ether oxygens (including phenoxy) is 2. The molecule has 0 aromatic heterocycles. The molecule has 0 fully saturated rings. The van der Waals surface area contributed by atoms with E-state index in [1.54, 1.807) is 12.1 Å². The fourth-order valence-electron chi connectivity index (χ4n) is 3.49. The van der Waals surface area contributed by atoms with E-state index >= 15 is 0 Å². The van der Waals surface area contributed by atoms with Crippen LogP contribution in [0.25, 0.3) is 0 Å². The van der Waals surface area contributed by atoms with Gasteiger partial charge in [0.15, 0.2) is 11.5 Å². The van der Waals surface area contributed by atoms with Crippen LogP contribution < -0.4 is 20.5 Å². The number of alkyl halides is 3. The molecule has 0 saturated heterocycles. The van der Waals surface area contributed by atoms with Gasteiger partial charge in [-0.2, -0.15) is 13.2 Å². The van der Waals surface area contributed by atoms with Crippen molar-refractivity contribution in [3.05, 3.63) is 52.6 Å². The number of fused-ring (bicyclic) bond motifs is 2. The number of aromatic hydroxyl groups is 1. The van der Waals surface area contributed by atoms with Crippen LogP contribution >= 0.6 is 0 Å².